The molecule has 10 heteroatoms. The maximum atomic E-state index is 13.0. The van der Waals surface area contributed by atoms with E-state index in [0.717, 1.165) is 44.5 Å². The zero-order valence-electron chi connectivity index (χ0n) is 26.7. The van der Waals surface area contributed by atoms with Crippen LogP contribution in [-0.2, 0) is 16.1 Å². The number of aryl methyl sites for hydroxylation is 2. The lowest BCUT2D eigenvalue weighted by atomic mass is 9.87. The number of carboxylic acids is 1. The zero-order chi connectivity index (χ0) is 32.3. The van der Waals surface area contributed by atoms with Gasteiger partial charge in [0, 0.05) is 29.7 Å². The highest BCUT2D eigenvalue weighted by molar-refractivity contribution is 6.08. The summed E-state index contributed by atoms with van der Waals surface area (Å²) in [5, 5.41) is 11.6. The van der Waals surface area contributed by atoms with Crippen LogP contribution in [0.2, 0.25) is 0 Å². The van der Waals surface area contributed by atoms with Gasteiger partial charge in [-0.2, -0.15) is 4.98 Å². The van der Waals surface area contributed by atoms with E-state index in [1.165, 1.54) is 0 Å². The van der Waals surface area contributed by atoms with E-state index in [1.807, 2.05) is 58.9 Å². The summed E-state index contributed by atoms with van der Waals surface area (Å²) >= 11 is 0. The zero-order valence-corrected chi connectivity index (χ0v) is 26.7. The lowest BCUT2D eigenvalue weighted by Crippen LogP contribution is -2.32. The van der Waals surface area contributed by atoms with E-state index < -0.39 is 17.7 Å². The molecular weight excluding hydrogens is 582 g/mol. The Morgan fingerprint density at radius 1 is 1.00 bits per heavy atom. The summed E-state index contributed by atoms with van der Waals surface area (Å²) < 4.78 is 20.1. The smallest absolute Gasteiger partial charge is 0.400 e. The van der Waals surface area contributed by atoms with Crippen LogP contribution in [0.5, 0.6) is 11.8 Å². The van der Waals surface area contributed by atoms with Crippen LogP contribution >= 0.6 is 0 Å². The van der Waals surface area contributed by atoms with Gasteiger partial charge in [0.15, 0.2) is 17.4 Å². The van der Waals surface area contributed by atoms with E-state index in [0.29, 0.717) is 41.5 Å². The van der Waals surface area contributed by atoms with Crippen molar-refractivity contribution >= 4 is 39.6 Å². The van der Waals surface area contributed by atoms with E-state index >= 15 is 0 Å². The minimum Gasteiger partial charge on any atom is -0.479 e. The Labute approximate surface area is 266 Å². The number of fused-ring (bicyclic) bond motifs is 1. The van der Waals surface area contributed by atoms with E-state index in [4.69, 9.17) is 13.9 Å². The molecule has 1 aliphatic heterocycles. The molecule has 3 aromatic carbocycles. The van der Waals surface area contributed by atoms with Crippen molar-refractivity contribution in [2.24, 2.45) is 0 Å². The van der Waals surface area contributed by atoms with Gasteiger partial charge in [0.05, 0.1) is 29.2 Å². The summed E-state index contributed by atoms with van der Waals surface area (Å²) in [7, 11) is 0. The summed E-state index contributed by atoms with van der Waals surface area (Å²) in [5.41, 5.74) is 7.91. The molecule has 1 atom stereocenters. The van der Waals surface area contributed by atoms with Gasteiger partial charge in [-0.05, 0) is 76.4 Å². The largest absolute Gasteiger partial charge is 0.479 e. The second kappa shape index (κ2) is 11.0. The Morgan fingerprint density at radius 2 is 1.72 bits per heavy atom. The molecule has 46 heavy (non-hydrogen) atoms. The fourth-order valence-electron chi connectivity index (χ4n) is 6.33. The molecule has 10 nitrogen and oxygen atoms in total. The van der Waals surface area contributed by atoms with Crippen LogP contribution in [0, 0.1) is 20.8 Å². The summed E-state index contributed by atoms with van der Waals surface area (Å²) in [4.78, 5) is 28.8. The molecule has 3 aromatic heterocycles. The van der Waals surface area contributed by atoms with Crippen molar-refractivity contribution in [1.29, 1.82) is 0 Å². The average Bonchev–Trinajstić information content (AvgIpc) is 3.58. The molecule has 0 saturated heterocycles. The molecule has 0 amide bonds. The Bertz CT molecular complexity index is 2070. The molecule has 0 aliphatic carbocycles. The van der Waals surface area contributed by atoms with Crippen molar-refractivity contribution in [1.82, 2.24) is 19.5 Å². The van der Waals surface area contributed by atoms with Crippen molar-refractivity contribution in [2.75, 3.05) is 11.4 Å². The van der Waals surface area contributed by atoms with Gasteiger partial charge in [-0.1, -0.05) is 42.0 Å². The van der Waals surface area contributed by atoms with Crippen molar-refractivity contribution in [2.45, 2.75) is 59.8 Å². The third kappa shape index (κ3) is 5.14. The SMILES string of the molecule is Cc1ccc(-c2c([C@H](OC(C)(C)C)C(=O)O)c(C)c3c4c2cc(C)n4CCN3c2ncc(Oc3nc4ccccc4o3)cn2)cc1. The van der Waals surface area contributed by atoms with Crippen LogP contribution < -0.4 is 9.64 Å². The quantitative estimate of drug-likeness (QED) is 0.190. The molecule has 0 fully saturated rings. The first kappa shape index (κ1) is 29.5. The van der Waals surface area contributed by atoms with Crippen LogP contribution in [0.15, 0.2) is 71.4 Å². The molecule has 4 heterocycles. The van der Waals surface area contributed by atoms with Gasteiger partial charge in [0.1, 0.15) is 5.52 Å². The fraction of sp³-hybridized carbons (Fsp3) is 0.278. The van der Waals surface area contributed by atoms with Gasteiger partial charge < -0.3 is 28.5 Å². The highest BCUT2D eigenvalue weighted by atomic mass is 16.6. The van der Waals surface area contributed by atoms with Crippen molar-refractivity contribution in [3.05, 3.63) is 89.4 Å². The normalized spacial score (nSPS) is 13.8. The van der Waals surface area contributed by atoms with E-state index in [1.54, 1.807) is 12.4 Å². The number of hydrogen-bond donors (Lipinski definition) is 1. The fourth-order valence-corrected chi connectivity index (χ4v) is 6.33. The second-order valence-electron chi connectivity index (χ2n) is 12.7. The van der Waals surface area contributed by atoms with E-state index in [2.05, 4.69) is 61.7 Å². The molecule has 1 N–H and O–H groups in total. The predicted octanol–water partition coefficient (Wildman–Crippen LogP) is 8.05. The molecule has 0 unspecified atom stereocenters. The minimum absolute atomic E-state index is 0.108. The van der Waals surface area contributed by atoms with Gasteiger partial charge in [-0.3, -0.25) is 0 Å². The standard InChI is InChI=1S/C36H35N5O5/c1-20-11-13-23(14-12-20)29-25-17-21(2)40-15-16-41(30(31(25)40)22(3)28(29)32(33(42)43)46-36(4,5)6)34-37-18-24(19-38-34)44-35-39-26-9-7-8-10-27(26)45-35/h7-14,17-19,32H,15-16H2,1-6H3,(H,42,43)/t32-/m0/s1. The van der Waals surface area contributed by atoms with Gasteiger partial charge in [-0.25, -0.2) is 14.8 Å². The minimum atomic E-state index is -1.21. The van der Waals surface area contributed by atoms with Crippen LogP contribution in [0.25, 0.3) is 33.1 Å². The van der Waals surface area contributed by atoms with Gasteiger partial charge in [-0.15, -0.1) is 0 Å². The number of carbonyl (C=O) groups is 1. The highest BCUT2D eigenvalue weighted by Gasteiger charge is 2.36. The first-order valence-electron chi connectivity index (χ1n) is 15.3. The van der Waals surface area contributed by atoms with E-state index in [-0.39, 0.29) is 6.08 Å². The summed E-state index contributed by atoms with van der Waals surface area (Å²) in [6, 6.07) is 17.8. The Kier molecular flexibility index (Phi) is 7.05. The van der Waals surface area contributed by atoms with Gasteiger partial charge >= 0.3 is 12.0 Å². The average molecular weight is 618 g/mol. The van der Waals surface area contributed by atoms with Crippen LogP contribution in [0.3, 0.4) is 0 Å². The topological polar surface area (TPSA) is 116 Å². The lowest BCUT2D eigenvalue weighted by Gasteiger charge is -2.34. The maximum Gasteiger partial charge on any atom is 0.400 e. The summed E-state index contributed by atoms with van der Waals surface area (Å²) in [5.74, 6) is -0.196. The van der Waals surface area contributed by atoms with Crippen LogP contribution in [0.1, 0.15) is 49.3 Å². The van der Waals surface area contributed by atoms with Crippen molar-refractivity contribution in [3.8, 4) is 23.0 Å². The molecule has 0 spiro atoms. The molecule has 0 radical (unpaired) electrons. The number of para-hydroxylation sites is 2. The Morgan fingerprint density at radius 3 is 2.39 bits per heavy atom. The Hall–Kier alpha value is -5.22. The monoisotopic (exact) mass is 617 g/mol. The molecule has 234 valence electrons. The first-order chi connectivity index (χ1) is 22.0. The van der Waals surface area contributed by atoms with Crippen molar-refractivity contribution < 1.29 is 23.8 Å². The molecule has 1 aliphatic rings. The lowest BCUT2D eigenvalue weighted by molar-refractivity contribution is -0.160. The summed E-state index contributed by atoms with van der Waals surface area (Å²) in [6.07, 6.45) is 2.08. The van der Waals surface area contributed by atoms with Crippen LogP contribution in [0.4, 0.5) is 11.6 Å². The van der Waals surface area contributed by atoms with Gasteiger partial charge in [0.25, 0.3) is 0 Å². The van der Waals surface area contributed by atoms with E-state index in [9.17, 15) is 9.90 Å². The van der Waals surface area contributed by atoms with Crippen molar-refractivity contribution in [3.63, 3.8) is 0 Å². The number of rotatable bonds is 7. The number of aromatic nitrogens is 4. The van der Waals surface area contributed by atoms with Crippen LogP contribution in [-0.4, -0.2) is 42.7 Å². The number of aliphatic carboxylic acids is 1. The molecular formula is C36H35N5O5. The number of nitrogens with zero attached hydrogens (tertiary/aromatic N) is 5. The molecule has 7 rings (SSSR count). The van der Waals surface area contributed by atoms with Gasteiger partial charge in [0.2, 0.25) is 5.95 Å². The number of anilines is 2. The Balaban J connectivity index is 1.38. The maximum absolute atomic E-state index is 13.0. The molecule has 6 aromatic rings. The highest BCUT2D eigenvalue weighted by Crippen LogP contribution is 2.49. The first-order valence-corrected chi connectivity index (χ1v) is 15.3. The number of carboxylic acid groups (broad SMARTS) is 1. The predicted molar refractivity (Wildman–Crippen MR) is 176 cm³/mol. The number of hydrogen-bond acceptors (Lipinski definition) is 8. The molecule has 0 bridgehead atoms. The third-order valence-electron chi connectivity index (χ3n) is 8.28. The number of oxazole rings is 1. The molecule has 0 saturated carbocycles. The number of benzene rings is 3. The number of ether oxygens (including phenoxy) is 2. The summed E-state index contributed by atoms with van der Waals surface area (Å²) in [6.45, 7) is 13.0. The third-order valence-corrected chi connectivity index (χ3v) is 8.28. The second-order valence-corrected chi connectivity index (χ2v) is 12.7.